The Morgan fingerprint density at radius 3 is 2.48 bits per heavy atom. The molecule has 132 valence electrons. The van der Waals surface area contributed by atoms with E-state index in [-0.39, 0.29) is 10.7 Å². The average molecular weight is 366 g/mol. The lowest BCUT2D eigenvalue weighted by molar-refractivity contribution is -0.123. The van der Waals surface area contributed by atoms with Crippen molar-refractivity contribution in [3.63, 3.8) is 0 Å². The Morgan fingerprint density at radius 2 is 1.88 bits per heavy atom. The monoisotopic (exact) mass is 365 g/mol. The highest BCUT2D eigenvalue weighted by molar-refractivity contribution is 6.33. The van der Waals surface area contributed by atoms with Gasteiger partial charge in [-0.25, -0.2) is 9.18 Å². The summed E-state index contributed by atoms with van der Waals surface area (Å²) in [5.74, 6) is -1.71. The first-order valence-electron chi connectivity index (χ1n) is 7.45. The highest BCUT2D eigenvalue weighted by Crippen LogP contribution is 2.22. The fourth-order valence-corrected chi connectivity index (χ4v) is 2.23. The molecule has 0 radical (unpaired) electrons. The third-order valence-electron chi connectivity index (χ3n) is 3.34. The van der Waals surface area contributed by atoms with E-state index in [2.05, 4.69) is 5.32 Å². The molecule has 0 heterocycles. The molecule has 0 aliphatic heterocycles. The van der Waals surface area contributed by atoms with Gasteiger partial charge in [0.15, 0.2) is 6.10 Å². The molecule has 1 atom stereocenters. The van der Waals surface area contributed by atoms with Gasteiger partial charge in [-0.3, -0.25) is 4.79 Å². The molecule has 7 heteroatoms. The zero-order chi connectivity index (χ0) is 18.4. The molecule has 0 aromatic heterocycles. The van der Waals surface area contributed by atoms with Crippen molar-refractivity contribution in [3.8, 4) is 0 Å². The quantitative estimate of drug-likeness (QED) is 0.790. The number of nitrogens with one attached hydrogen (secondary N) is 1. The average Bonchev–Trinajstić information content (AvgIpc) is 2.58. The summed E-state index contributed by atoms with van der Waals surface area (Å²) in [6.07, 6.45) is -1.05. The van der Waals surface area contributed by atoms with E-state index in [0.717, 1.165) is 11.6 Å². The smallest absolute Gasteiger partial charge is 0.338 e. The number of amides is 1. The van der Waals surface area contributed by atoms with Gasteiger partial charge in [0.1, 0.15) is 5.82 Å². The van der Waals surface area contributed by atoms with E-state index in [0.29, 0.717) is 12.2 Å². The Hall–Kier alpha value is -2.44. The van der Waals surface area contributed by atoms with Gasteiger partial charge in [0, 0.05) is 7.11 Å². The van der Waals surface area contributed by atoms with E-state index in [1.54, 1.807) is 31.4 Å². The van der Waals surface area contributed by atoms with Crippen LogP contribution in [0.25, 0.3) is 0 Å². The summed E-state index contributed by atoms with van der Waals surface area (Å²) in [5, 5.41) is 2.54. The highest BCUT2D eigenvalue weighted by Gasteiger charge is 2.20. The minimum Gasteiger partial charge on any atom is -0.449 e. The molecular weight excluding hydrogens is 349 g/mol. The molecule has 0 bridgehead atoms. The fourth-order valence-electron chi connectivity index (χ4n) is 2.01. The van der Waals surface area contributed by atoms with Gasteiger partial charge in [0.2, 0.25) is 0 Å². The molecule has 2 rings (SSSR count). The van der Waals surface area contributed by atoms with Gasteiger partial charge < -0.3 is 14.8 Å². The summed E-state index contributed by atoms with van der Waals surface area (Å²) < 4.78 is 23.1. The number of halogens is 2. The van der Waals surface area contributed by atoms with E-state index < -0.39 is 23.8 Å². The summed E-state index contributed by atoms with van der Waals surface area (Å²) >= 11 is 5.85. The second-order valence-electron chi connectivity index (χ2n) is 5.29. The van der Waals surface area contributed by atoms with Crippen molar-refractivity contribution in [3.05, 3.63) is 64.4 Å². The van der Waals surface area contributed by atoms with Gasteiger partial charge in [-0.05, 0) is 42.8 Å². The topological polar surface area (TPSA) is 64.6 Å². The first kappa shape index (κ1) is 18.9. The molecule has 1 N–H and O–H groups in total. The van der Waals surface area contributed by atoms with Crippen molar-refractivity contribution in [2.75, 3.05) is 12.4 Å². The van der Waals surface area contributed by atoms with Crippen molar-refractivity contribution in [2.24, 2.45) is 0 Å². The van der Waals surface area contributed by atoms with Crippen LogP contribution in [0.3, 0.4) is 0 Å². The van der Waals surface area contributed by atoms with Crippen LogP contribution >= 0.6 is 11.6 Å². The number of rotatable bonds is 6. The maximum atomic E-state index is 13.0. The van der Waals surface area contributed by atoms with E-state index in [9.17, 15) is 14.0 Å². The maximum Gasteiger partial charge on any atom is 0.338 e. The molecule has 0 spiro atoms. The van der Waals surface area contributed by atoms with Crippen molar-refractivity contribution >= 4 is 29.2 Å². The first-order valence-corrected chi connectivity index (χ1v) is 7.83. The summed E-state index contributed by atoms with van der Waals surface area (Å²) in [7, 11) is 1.58. The molecule has 0 unspecified atom stereocenters. The largest absolute Gasteiger partial charge is 0.449 e. The standard InChI is InChI=1S/C18H17ClFNO4/c1-11(17(22)21-16-8-7-14(20)9-15(16)19)25-18(23)13-5-3-12(4-6-13)10-24-2/h3-9,11H,10H2,1-2H3,(H,21,22)/t11-/m0/s1. The lowest BCUT2D eigenvalue weighted by Crippen LogP contribution is -2.30. The Kier molecular flexibility index (Phi) is 6.50. The minimum absolute atomic E-state index is 0.0561. The van der Waals surface area contributed by atoms with Crippen LogP contribution in [0, 0.1) is 5.82 Å². The minimum atomic E-state index is -1.05. The van der Waals surface area contributed by atoms with Gasteiger partial charge in [0.05, 0.1) is 22.9 Å². The van der Waals surface area contributed by atoms with Crippen molar-refractivity contribution in [1.29, 1.82) is 0 Å². The normalized spacial score (nSPS) is 11.7. The van der Waals surface area contributed by atoms with Gasteiger partial charge in [-0.15, -0.1) is 0 Å². The number of carbonyl (C=O) groups is 2. The number of methoxy groups -OCH3 is 1. The van der Waals surface area contributed by atoms with Gasteiger partial charge in [-0.2, -0.15) is 0 Å². The Morgan fingerprint density at radius 1 is 1.20 bits per heavy atom. The third-order valence-corrected chi connectivity index (χ3v) is 3.66. The van der Waals surface area contributed by atoms with Crippen LogP contribution < -0.4 is 5.32 Å². The van der Waals surface area contributed by atoms with Crippen LogP contribution in [0.1, 0.15) is 22.8 Å². The molecule has 5 nitrogen and oxygen atoms in total. The Balaban J connectivity index is 1.96. The molecule has 1 amide bonds. The molecular formula is C18H17ClFNO4. The van der Waals surface area contributed by atoms with E-state index in [1.807, 2.05) is 0 Å². The van der Waals surface area contributed by atoms with Gasteiger partial charge in [-0.1, -0.05) is 23.7 Å². The van der Waals surface area contributed by atoms with E-state index >= 15 is 0 Å². The number of hydrogen-bond donors (Lipinski definition) is 1. The fraction of sp³-hybridized carbons (Fsp3) is 0.222. The Bertz CT molecular complexity index is 764. The third kappa shape index (κ3) is 5.27. The molecule has 0 saturated heterocycles. The van der Waals surface area contributed by atoms with Gasteiger partial charge >= 0.3 is 5.97 Å². The molecule has 25 heavy (non-hydrogen) atoms. The lowest BCUT2D eigenvalue weighted by atomic mass is 10.1. The summed E-state index contributed by atoms with van der Waals surface area (Å²) in [4.78, 5) is 24.2. The number of ether oxygens (including phenoxy) is 2. The van der Waals surface area contributed by atoms with Crippen LogP contribution in [0.5, 0.6) is 0 Å². The lowest BCUT2D eigenvalue weighted by Gasteiger charge is -2.14. The number of carbonyl (C=O) groups excluding carboxylic acids is 2. The zero-order valence-corrected chi connectivity index (χ0v) is 14.5. The van der Waals surface area contributed by atoms with Crippen LogP contribution in [0.2, 0.25) is 5.02 Å². The van der Waals surface area contributed by atoms with Crippen LogP contribution in [0.15, 0.2) is 42.5 Å². The van der Waals surface area contributed by atoms with Gasteiger partial charge in [0.25, 0.3) is 5.91 Å². The van der Waals surface area contributed by atoms with Crippen LogP contribution in [-0.4, -0.2) is 25.1 Å². The first-order chi connectivity index (χ1) is 11.9. The molecule has 2 aromatic rings. The zero-order valence-electron chi connectivity index (χ0n) is 13.7. The summed E-state index contributed by atoms with van der Waals surface area (Å²) in [6.45, 7) is 1.87. The second kappa shape index (κ2) is 8.60. The van der Waals surface area contributed by atoms with Crippen LogP contribution in [-0.2, 0) is 20.9 Å². The Labute approximate surface area is 149 Å². The van der Waals surface area contributed by atoms with Crippen LogP contribution in [0.4, 0.5) is 10.1 Å². The SMILES string of the molecule is COCc1ccc(C(=O)O[C@@H](C)C(=O)Nc2ccc(F)cc2Cl)cc1. The summed E-state index contributed by atoms with van der Waals surface area (Å²) in [5.41, 5.74) is 1.47. The second-order valence-corrected chi connectivity index (χ2v) is 5.70. The predicted octanol–water partition coefficient (Wildman–Crippen LogP) is 3.81. The molecule has 0 fully saturated rings. The van der Waals surface area contributed by atoms with E-state index in [1.165, 1.54) is 19.1 Å². The highest BCUT2D eigenvalue weighted by atomic mass is 35.5. The number of benzene rings is 2. The molecule has 0 saturated carbocycles. The number of anilines is 1. The molecule has 2 aromatic carbocycles. The maximum absolute atomic E-state index is 13.0. The summed E-state index contributed by atoms with van der Waals surface area (Å²) in [6, 6.07) is 10.2. The van der Waals surface area contributed by atoms with Crippen molar-refractivity contribution in [1.82, 2.24) is 0 Å². The number of hydrogen-bond acceptors (Lipinski definition) is 4. The number of esters is 1. The molecule has 0 aliphatic carbocycles. The van der Waals surface area contributed by atoms with Crippen molar-refractivity contribution in [2.45, 2.75) is 19.6 Å². The van der Waals surface area contributed by atoms with Crippen molar-refractivity contribution < 1.29 is 23.5 Å². The predicted molar refractivity (Wildman–Crippen MR) is 92.1 cm³/mol. The molecule has 0 aliphatic rings. The van der Waals surface area contributed by atoms with E-state index in [4.69, 9.17) is 21.1 Å².